The number of nitrogens with two attached hydrogens (primary N) is 1. The van der Waals surface area contributed by atoms with Gasteiger partial charge in [0, 0.05) is 12.1 Å². The highest BCUT2D eigenvalue weighted by molar-refractivity contribution is 5.23. The van der Waals surface area contributed by atoms with Crippen LogP contribution in [0.25, 0.3) is 0 Å². The molecule has 0 aliphatic rings. The van der Waals surface area contributed by atoms with Gasteiger partial charge in [0.2, 0.25) is 0 Å². The van der Waals surface area contributed by atoms with Gasteiger partial charge in [-0.1, -0.05) is 0 Å². The summed E-state index contributed by atoms with van der Waals surface area (Å²) in [5.41, 5.74) is 5.49. The van der Waals surface area contributed by atoms with E-state index in [1.54, 1.807) is 0 Å². The lowest BCUT2D eigenvalue weighted by atomic mass is 10.2. The number of hydrogen-bond acceptors (Lipinski definition) is 3. The smallest absolute Gasteiger partial charge is 0.162 e. The van der Waals surface area contributed by atoms with Gasteiger partial charge in [0.15, 0.2) is 11.6 Å². The van der Waals surface area contributed by atoms with Gasteiger partial charge < -0.3 is 15.4 Å². The fourth-order valence-electron chi connectivity index (χ4n) is 1.44. The van der Waals surface area contributed by atoms with Gasteiger partial charge in [0.25, 0.3) is 0 Å². The molecule has 5 heteroatoms. The van der Waals surface area contributed by atoms with Crippen LogP contribution in [0.2, 0.25) is 0 Å². The Morgan fingerprint density at radius 2 is 2.00 bits per heavy atom. The quantitative estimate of drug-likeness (QED) is 0.826. The van der Waals surface area contributed by atoms with E-state index in [0.717, 1.165) is 18.6 Å². The lowest BCUT2D eigenvalue weighted by Gasteiger charge is -2.23. The number of ether oxygens (including phenoxy) is 1. The standard InChI is InChI=1S/C12H18F2N2O/c1-16(2)9(5-6-15)8-17-10-3-4-11(13)12(14)7-10/h3-4,7,9H,5-6,8,15H2,1-2H3. The second kappa shape index (κ2) is 6.51. The maximum Gasteiger partial charge on any atom is 0.162 e. The first-order valence-corrected chi connectivity index (χ1v) is 5.49. The minimum absolute atomic E-state index is 0.160. The Hall–Kier alpha value is -1.20. The average molecular weight is 244 g/mol. The summed E-state index contributed by atoms with van der Waals surface area (Å²) in [4.78, 5) is 1.99. The first-order chi connectivity index (χ1) is 8.04. The second-order valence-electron chi connectivity index (χ2n) is 4.08. The third-order valence-electron chi connectivity index (χ3n) is 2.56. The summed E-state index contributed by atoms with van der Waals surface area (Å²) in [6, 6.07) is 3.67. The zero-order valence-electron chi connectivity index (χ0n) is 10.1. The molecule has 17 heavy (non-hydrogen) atoms. The molecule has 3 nitrogen and oxygen atoms in total. The van der Waals surface area contributed by atoms with Gasteiger partial charge in [-0.2, -0.15) is 0 Å². The van der Waals surface area contributed by atoms with Crippen LogP contribution in [0.4, 0.5) is 8.78 Å². The maximum atomic E-state index is 12.9. The van der Waals surface area contributed by atoms with E-state index in [1.807, 2.05) is 19.0 Å². The lowest BCUT2D eigenvalue weighted by molar-refractivity contribution is 0.178. The van der Waals surface area contributed by atoms with Crippen molar-refractivity contribution in [1.29, 1.82) is 0 Å². The predicted octanol–water partition coefficient (Wildman–Crippen LogP) is 1.62. The van der Waals surface area contributed by atoms with Crippen LogP contribution in [0.5, 0.6) is 5.75 Å². The number of likely N-dealkylation sites (N-methyl/N-ethyl adjacent to an activating group) is 1. The Kier molecular flexibility index (Phi) is 5.31. The molecule has 1 aromatic carbocycles. The van der Waals surface area contributed by atoms with Crippen molar-refractivity contribution in [3.8, 4) is 5.75 Å². The van der Waals surface area contributed by atoms with Crippen LogP contribution in [-0.4, -0.2) is 38.2 Å². The van der Waals surface area contributed by atoms with E-state index in [1.165, 1.54) is 6.07 Å². The number of rotatable bonds is 6. The molecule has 2 N–H and O–H groups in total. The molecule has 1 aromatic rings. The van der Waals surface area contributed by atoms with Gasteiger partial charge in [-0.25, -0.2) is 8.78 Å². The van der Waals surface area contributed by atoms with Crippen LogP contribution in [-0.2, 0) is 0 Å². The van der Waals surface area contributed by atoms with Gasteiger partial charge in [0.05, 0.1) is 0 Å². The molecule has 0 aromatic heterocycles. The van der Waals surface area contributed by atoms with Crippen LogP contribution in [0.3, 0.4) is 0 Å². The van der Waals surface area contributed by atoms with Crippen molar-refractivity contribution in [2.45, 2.75) is 12.5 Å². The molecule has 0 aliphatic carbocycles. The Labute approximate surface area is 100 Å². The molecule has 0 amide bonds. The highest BCUT2D eigenvalue weighted by Gasteiger charge is 2.12. The van der Waals surface area contributed by atoms with E-state index in [-0.39, 0.29) is 6.04 Å². The topological polar surface area (TPSA) is 38.5 Å². The van der Waals surface area contributed by atoms with E-state index >= 15 is 0 Å². The molecule has 1 atom stereocenters. The monoisotopic (exact) mass is 244 g/mol. The van der Waals surface area contributed by atoms with Gasteiger partial charge in [0.1, 0.15) is 12.4 Å². The van der Waals surface area contributed by atoms with Crippen molar-refractivity contribution < 1.29 is 13.5 Å². The van der Waals surface area contributed by atoms with Gasteiger partial charge in [-0.05, 0) is 39.2 Å². The van der Waals surface area contributed by atoms with Crippen molar-refractivity contribution in [3.05, 3.63) is 29.8 Å². The molecule has 0 saturated carbocycles. The van der Waals surface area contributed by atoms with Crippen LogP contribution in [0.15, 0.2) is 18.2 Å². The van der Waals surface area contributed by atoms with E-state index < -0.39 is 11.6 Å². The largest absolute Gasteiger partial charge is 0.492 e. The van der Waals surface area contributed by atoms with E-state index in [0.29, 0.717) is 18.9 Å². The molecule has 0 radical (unpaired) electrons. The SMILES string of the molecule is CN(C)C(CCN)COc1ccc(F)c(F)c1. The predicted molar refractivity (Wildman–Crippen MR) is 63.0 cm³/mol. The summed E-state index contributed by atoms with van der Waals surface area (Å²) in [7, 11) is 3.85. The fraction of sp³-hybridized carbons (Fsp3) is 0.500. The Morgan fingerprint density at radius 1 is 1.29 bits per heavy atom. The van der Waals surface area contributed by atoms with Crippen LogP contribution < -0.4 is 10.5 Å². The zero-order chi connectivity index (χ0) is 12.8. The van der Waals surface area contributed by atoms with E-state index in [9.17, 15) is 8.78 Å². The summed E-state index contributed by atoms with van der Waals surface area (Å²) in [6.45, 7) is 0.958. The third-order valence-corrected chi connectivity index (χ3v) is 2.56. The number of nitrogens with zero attached hydrogens (tertiary/aromatic N) is 1. The third kappa shape index (κ3) is 4.28. The maximum absolute atomic E-state index is 12.9. The Balaban J connectivity index is 2.56. The van der Waals surface area contributed by atoms with Gasteiger partial charge in [-0.3, -0.25) is 0 Å². The summed E-state index contributed by atoms with van der Waals surface area (Å²) in [6.07, 6.45) is 0.788. The molecule has 1 rings (SSSR count). The average Bonchev–Trinajstić information content (AvgIpc) is 2.28. The Morgan fingerprint density at radius 3 is 2.53 bits per heavy atom. The summed E-state index contributed by atoms with van der Waals surface area (Å²) < 4.78 is 31.0. The molecule has 0 fully saturated rings. The normalized spacial score (nSPS) is 12.8. The summed E-state index contributed by atoms with van der Waals surface area (Å²) >= 11 is 0. The van der Waals surface area contributed by atoms with Crippen LogP contribution in [0, 0.1) is 11.6 Å². The molecule has 0 bridgehead atoms. The number of hydrogen-bond donors (Lipinski definition) is 1. The minimum Gasteiger partial charge on any atom is -0.492 e. The van der Waals surface area contributed by atoms with Crippen LogP contribution in [0.1, 0.15) is 6.42 Å². The van der Waals surface area contributed by atoms with Gasteiger partial charge in [-0.15, -0.1) is 0 Å². The van der Waals surface area contributed by atoms with Gasteiger partial charge >= 0.3 is 0 Å². The molecular weight excluding hydrogens is 226 g/mol. The molecule has 96 valence electrons. The highest BCUT2D eigenvalue weighted by Crippen LogP contribution is 2.16. The molecule has 0 aliphatic heterocycles. The first kappa shape index (κ1) is 13.9. The Bertz CT molecular complexity index is 358. The van der Waals surface area contributed by atoms with E-state index in [2.05, 4.69) is 0 Å². The highest BCUT2D eigenvalue weighted by atomic mass is 19.2. The van der Waals surface area contributed by atoms with Crippen molar-refractivity contribution in [2.75, 3.05) is 27.2 Å². The van der Waals surface area contributed by atoms with Crippen molar-refractivity contribution >= 4 is 0 Å². The first-order valence-electron chi connectivity index (χ1n) is 5.49. The zero-order valence-corrected chi connectivity index (χ0v) is 10.1. The molecule has 0 spiro atoms. The number of halogens is 2. The molecule has 0 heterocycles. The molecule has 1 unspecified atom stereocenters. The molecule has 0 saturated heterocycles. The fourth-order valence-corrected chi connectivity index (χ4v) is 1.44. The van der Waals surface area contributed by atoms with E-state index in [4.69, 9.17) is 10.5 Å². The summed E-state index contributed by atoms with van der Waals surface area (Å²) in [5.74, 6) is -1.45. The van der Waals surface area contributed by atoms with Crippen molar-refractivity contribution in [2.24, 2.45) is 5.73 Å². The van der Waals surface area contributed by atoms with Crippen molar-refractivity contribution in [3.63, 3.8) is 0 Å². The lowest BCUT2D eigenvalue weighted by Crippen LogP contribution is -2.35. The van der Waals surface area contributed by atoms with Crippen LogP contribution >= 0.6 is 0 Å². The summed E-state index contributed by atoms with van der Waals surface area (Å²) in [5, 5.41) is 0. The van der Waals surface area contributed by atoms with Crippen molar-refractivity contribution in [1.82, 2.24) is 4.90 Å². The minimum atomic E-state index is -0.900. The number of benzene rings is 1. The second-order valence-corrected chi connectivity index (χ2v) is 4.08. The molecular formula is C12H18F2N2O.